The topological polar surface area (TPSA) is 66.6 Å². The number of carbonyl (C=O) groups excluding carboxylic acids is 1. The van der Waals surface area contributed by atoms with Crippen LogP contribution in [-0.2, 0) is 11.3 Å². The molecule has 3 N–H and O–H groups in total. The molecule has 1 amide bonds. The summed E-state index contributed by atoms with van der Waals surface area (Å²) in [6.07, 6.45) is 3.16. The minimum absolute atomic E-state index is 0.117. The fraction of sp³-hybridized carbons (Fsp3) is 0.562. The molecule has 1 saturated heterocycles. The average Bonchev–Trinajstić information content (AvgIpc) is 2.88. The Hall–Kier alpha value is -1.35. The summed E-state index contributed by atoms with van der Waals surface area (Å²) in [5.74, 6) is 6.29. The zero-order valence-electron chi connectivity index (χ0n) is 12.2. The van der Waals surface area contributed by atoms with Crippen molar-refractivity contribution in [2.24, 2.45) is 11.7 Å². The molecule has 0 bridgehead atoms. The predicted molar refractivity (Wildman–Crippen MR) is 84.7 cm³/mol. The van der Waals surface area contributed by atoms with E-state index in [1.54, 1.807) is 11.3 Å². The third kappa shape index (κ3) is 5.50. The van der Waals surface area contributed by atoms with Crippen molar-refractivity contribution < 1.29 is 9.90 Å². The van der Waals surface area contributed by atoms with Crippen LogP contribution < -0.4 is 5.73 Å². The van der Waals surface area contributed by atoms with E-state index in [0.29, 0.717) is 18.8 Å². The van der Waals surface area contributed by atoms with Gasteiger partial charge in [-0.25, -0.2) is 0 Å². The highest BCUT2D eigenvalue weighted by molar-refractivity contribution is 7.12. The number of primary amides is 1. The number of aliphatic hydroxyl groups is 1. The molecular formula is C16H22N2O2S. The SMILES string of the molecule is NC(=O)CC1CCN(Cc2ccc(C#CCCO)s2)CC1. The van der Waals surface area contributed by atoms with Crippen LogP contribution in [0.5, 0.6) is 0 Å². The zero-order chi connectivity index (χ0) is 15.1. The first-order valence-corrected chi connectivity index (χ1v) is 8.18. The van der Waals surface area contributed by atoms with Gasteiger partial charge in [0.25, 0.3) is 0 Å². The largest absolute Gasteiger partial charge is 0.395 e. The average molecular weight is 306 g/mol. The number of nitrogens with two attached hydrogens (primary N) is 1. The van der Waals surface area contributed by atoms with Crippen LogP contribution in [0.4, 0.5) is 0 Å². The Morgan fingerprint density at radius 2 is 2.19 bits per heavy atom. The molecule has 0 aliphatic carbocycles. The van der Waals surface area contributed by atoms with Crippen molar-refractivity contribution in [2.45, 2.75) is 32.2 Å². The van der Waals surface area contributed by atoms with Gasteiger partial charge < -0.3 is 10.8 Å². The lowest BCUT2D eigenvalue weighted by Crippen LogP contribution is -2.34. The number of amides is 1. The molecule has 1 aromatic heterocycles. The van der Waals surface area contributed by atoms with Crippen molar-refractivity contribution in [3.8, 4) is 11.8 Å². The molecular weight excluding hydrogens is 284 g/mol. The molecule has 2 heterocycles. The summed E-state index contributed by atoms with van der Waals surface area (Å²) in [7, 11) is 0. The number of hydrogen-bond acceptors (Lipinski definition) is 4. The molecule has 2 rings (SSSR count). The number of aliphatic hydroxyl groups excluding tert-OH is 1. The van der Waals surface area contributed by atoms with Crippen molar-refractivity contribution >= 4 is 17.2 Å². The van der Waals surface area contributed by atoms with E-state index in [1.165, 1.54) is 4.88 Å². The molecule has 1 aliphatic rings. The summed E-state index contributed by atoms with van der Waals surface area (Å²) in [5, 5.41) is 8.71. The molecule has 4 nitrogen and oxygen atoms in total. The number of nitrogens with zero attached hydrogens (tertiary/aromatic N) is 1. The molecule has 1 aliphatic heterocycles. The highest BCUT2D eigenvalue weighted by atomic mass is 32.1. The molecule has 0 aromatic carbocycles. The number of piperidine rings is 1. The van der Waals surface area contributed by atoms with Gasteiger partial charge in [0.15, 0.2) is 0 Å². The van der Waals surface area contributed by atoms with Gasteiger partial charge in [0.05, 0.1) is 11.5 Å². The number of hydrogen-bond donors (Lipinski definition) is 2. The third-order valence-electron chi connectivity index (χ3n) is 3.69. The molecule has 0 spiro atoms. The van der Waals surface area contributed by atoms with E-state index in [2.05, 4.69) is 22.8 Å². The summed E-state index contributed by atoms with van der Waals surface area (Å²) < 4.78 is 0. The number of thiophene rings is 1. The molecule has 0 unspecified atom stereocenters. The summed E-state index contributed by atoms with van der Waals surface area (Å²) >= 11 is 1.72. The molecule has 0 saturated carbocycles. The van der Waals surface area contributed by atoms with Gasteiger partial charge in [0.1, 0.15) is 0 Å². The normalized spacial score (nSPS) is 16.4. The van der Waals surface area contributed by atoms with E-state index in [-0.39, 0.29) is 12.5 Å². The summed E-state index contributed by atoms with van der Waals surface area (Å²) in [5.41, 5.74) is 5.25. The van der Waals surface area contributed by atoms with Crippen LogP contribution in [0.15, 0.2) is 12.1 Å². The van der Waals surface area contributed by atoms with E-state index in [0.717, 1.165) is 37.4 Å². The van der Waals surface area contributed by atoms with Gasteiger partial charge in [-0.15, -0.1) is 11.3 Å². The Morgan fingerprint density at radius 1 is 1.43 bits per heavy atom. The molecule has 1 fully saturated rings. The smallest absolute Gasteiger partial charge is 0.217 e. The van der Waals surface area contributed by atoms with Crippen molar-refractivity contribution in [1.82, 2.24) is 4.90 Å². The van der Waals surface area contributed by atoms with E-state index in [9.17, 15) is 4.79 Å². The predicted octanol–water partition coefficient (Wildman–Crippen LogP) is 1.57. The van der Waals surface area contributed by atoms with Gasteiger partial charge in [0, 0.05) is 24.3 Å². The van der Waals surface area contributed by atoms with Gasteiger partial charge in [-0.3, -0.25) is 9.69 Å². The molecule has 0 atom stereocenters. The lowest BCUT2D eigenvalue weighted by Gasteiger charge is -2.31. The van der Waals surface area contributed by atoms with E-state index < -0.39 is 0 Å². The Balaban J connectivity index is 1.79. The van der Waals surface area contributed by atoms with Gasteiger partial charge in [-0.1, -0.05) is 11.8 Å². The van der Waals surface area contributed by atoms with Gasteiger partial charge in [0.2, 0.25) is 5.91 Å². The second kappa shape index (κ2) is 8.18. The minimum atomic E-state index is -0.183. The zero-order valence-corrected chi connectivity index (χ0v) is 13.0. The van der Waals surface area contributed by atoms with E-state index >= 15 is 0 Å². The van der Waals surface area contributed by atoms with Crippen molar-refractivity contribution in [2.75, 3.05) is 19.7 Å². The molecule has 21 heavy (non-hydrogen) atoms. The minimum Gasteiger partial charge on any atom is -0.395 e. The fourth-order valence-electron chi connectivity index (χ4n) is 2.59. The molecule has 5 heteroatoms. The second-order valence-electron chi connectivity index (χ2n) is 5.43. The van der Waals surface area contributed by atoms with Crippen LogP contribution in [0.25, 0.3) is 0 Å². The van der Waals surface area contributed by atoms with Crippen LogP contribution in [-0.4, -0.2) is 35.6 Å². The number of likely N-dealkylation sites (tertiary alicyclic amines) is 1. The fourth-order valence-corrected chi connectivity index (χ4v) is 3.51. The number of rotatable bonds is 5. The number of carbonyl (C=O) groups is 1. The molecule has 114 valence electrons. The summed E-state index contributed by atoms with van der Waals surface area (Å²) in [4.78, 5) is 15.7. The van der Waals surface area contributed by atoms with Crippen molar-refractivity contribution in [3.05, 3.63) is 21.9 Å². The molecule has 0 radical (unpaired) electrons. The first-order chi connectivity index (χ1) is 10.2. The van der Waals surface area contributed by atoms with Crippen LogP contribution in [0.3, 0.4) is 0 Å². The highest BCUT2D eigenvalue weighted by Crippen LogP contribution is 2.23. The maximum Gasteiger partial charge on any atom is 0.217 e. The quantitative estimate of drug-likeness (QED) is 0.812. The summed E-state index contributed by atoms with van der Waals surface area (Å²) in [6.45, 7) is 3.13. The third-order valence-corrected chi connectivity index (χ3v) is 4.67. The van der Waals surface area contributed by atoms with Crippen LogP contribution in [0.1, 0.15) is 35.4 Å². The highest BCUT2D eigenvalue weighted by Gasteiger charge is 2.20. The maximum atomic E-state index is 10.9. The standard InChI is InChI=1S/C16H22N2O2S/c17-16(20)11-13-6-8-18(9-7-13)12-15-5-4-14(21-15)3-1-2-10-19/h4-5,13,19H,2,6-12H2,(H2,17,20). The van der Waals surface area contributed by atoms with Crippen LogP contribution >= 0.6 is 11.3 Å². The van der Waals surface area contributed by atoms with Crippen LogP contribution in [0.2, 0.25) is 0 Å². The summed E-state index contributed by atoms with van der Waals surface area (Å²) in [6, 6.07) is 4.17. The Bertz CT molecular complexity index is 522. The van der Waals surface area contributed by atoms with E-state index in [4.69, 9.17) is 10.8 Å². The Morgan fingerprint density at radius 3 is 2.86 bits per heavy atom. The van der Waals surface area contributed by atoms with E-state index in [1.807, 2.05) is 6.07 Å². The second-order valence-corrected chi connectivity index (χ2v) is 6.60. The van der Waals surface area contributed by atoms with Crippen LogP contribution in [0, 0.1) is 17.8 Å². The lowest BCUT2D eigenvalue weighted by molar-refractivity contribution is -0.119. The maximum absolute atomic E-state index is 10.9. The monoisotopic (exact) mass is 306 g/mol. The van der Waals surface area contributed by atoms with Crippen molar-refractivity contribution in [1.29, 1.82) is 0 Å². The van der Waals surface area contributed by atoms with Gasteiger partial charge in [-0.2, -0.15) is 0 Å². The first-order valence-electron chi connectivity index (χ1n) is 7.36. The van der Waals surface area contributed by atoms with Crippen molar-refractivity contribution in [3.63, 3.8) is 0 Å². The molecule has 1 aromatic rings. The lowest BCUT2D eigenvalue weighted by atomic mass is 9.93. The first kappa shape index (κ1) is 16.0. The van der Waals surface area contributed by atoms with Gasteiger partial charge in [-0.05, 0) is 44.0 Å². The Labute approximate surface area is 129 Å². The Kier molecular flexibility index (Phi) is 6.24. The van der Waals surface area contributed by atoms with Gasteiger partial charge >= 0.3 is 0 Å².